The average molecular weight is 264 g/mol. The van der Waals surface area contributed by atoms with Crippen LogP contribution < -0.4 is 11.1 Å². The second kappa shape index (κ2) is 7.92. The molecule has 0 spiro atoms. The highest BCUT2D eigenvalue weighted by molar-refractivity contribution is 5.86. The number of rotatable bonds is 8. The molecule has 0 saturated carbocycles. The molecule has 1 aromatic rings. The van der Waals surface area contributed by atoms with E-state index in [4.69, 9.17) is 10.8 Å². The van der Waals surface area contributed by atoms with Gasteiger partial charge in [0, 0.05) is 13.2 Å². The number of nitrogens with two attached hydrogens (primary N) is 1. The minimum Gasteiger partial charge on any atom is -0.396 e. The monoisotopic (exact) mass is 264 g/mol. The Balaban J connectivity index is 2.36. The number of nitrogens with one attached hydrogen (secondary N) is 1. The highest BCUT2D eigenvalue weighted by Gasteiger charge is 2.29. The Morgan fingerprint density at radius 3 is 2.47 bits per heavy atom. The fourth-order valence-electron chi connectivity index (χ4n) is 1.89. The Morgan fingerprint density at radius 2 is 1.84 bits per heavy atom. The van der Waals surface area contributed by atoms with Crippen LogP contribution in [0.4, 0.5) is 0 Å². The lowest BCUT2D eigenvalue weighted by atomic mass is 9.92. The molecule has 0 aliphatic heterocycles. The summed E-state index contributed by atoms with van der Waals surface area (Å²) in [5, 5.41) is 11.5. The Labute approximate surface area is 115 Å². The van der Waals surface area contributed by atoms with Gasteiger partial charge in [0.1, 0.15) is 5.54 Å². The zero-order valence-electron chi connectivity index (χ0n) is 11.6. The molecule has 4 heteroatoms. The topological polar surface area (TPSA) is 75.4 Å². The van der Waals surface area contributed by atoms with Crippen molar-refractivity contribution in [2.24, 2.45) is 5.73 Å². The number of aliphatic hydroxyl groups excluding tert-OH is 1. The second-order valence-corrected chi connectivity index (χ2v) is 4.96. The number of aliphatic hydroxyl groups is 1. The third-order valence-electron chi connectivity index (χ3n) is 3.22. The summed E-state index contributed by atoms with van der Waals surface area (Å²) >= 11 is 0. The zero-order valence-corrected chi connectivity index (χ0v) is 11.6. The van der Waals surface area contributed by atoms with Crippen molar-refractivity contribution in [3.8, 4) is 0 Å². The molecule has 106 valence electrons. The lowest BCUT2D eigenvalue weighted by Gasteiger charge is -2.24. The average Bonchev–Trinajstić information content (AvgIpc) is 2.43. The first-order chi connectivity index (χ1) is 9.09. The molecule has 0 aromatic heterocycles. The third-order valence-corrected chi connectivity index (χ3v) is 3.22. The van der Waals surface area contributed by atoms with E-state index in [0.717, 1.165) is 31.2 Å². The van der Waals surface area contributed by atoms with E-state index < -0.39 is 5.54 Å². The molecule has 0 bridgehead atoms. The first kappa shape index (κ1) is 15.7. The van der Waals surface area contributed by atoms with Gasteiger partial charge in [0.25, 0.3) is 0 Å². The number of hydrogen-bond acceptors (Lipinski definition) is 3. The quantitative estimate of drug-likeness (QED) is 0.623. The van der Waals surface area contributed by atoms with Gasteiger partial charge in [0.2, 0.25) is 5.91 Å². The van der Waals surface area contributed by atoms with Crippen molar-refractivity contribution >= 4 is 5.91 Å². The van der Waals surface area contributed by atoms with Crippen LogP contribution in [0, 0.1) is 0 Å². The number of amides is 1. The van der Waals surface area contributed by atoms with Crippen molar-refractivity contribution < 1.29 is 9.90 Å². The largest absolute Gasteiger partial charge is 0.396 e. The number of hydrogen-bond donors (Lipinski definition) is 3. The van der Waals surface area contributed by atoms with Crippen molar-refractivity contribution in [1.29, 1.82) is 0 Å². The van der Waals surface area contributed by atoms with Gasteiger partial charge in [-0.05, 0) is 25.3 Å². The van der Waals surface area contributed by atoms with Crippen LogP contribution in [-0.4, -0.2) is 24.2 Å². The zero-order chi connectivity index (χ0) is 14.1. The molecule has 0 fully saturated rings. The fraction of sp³-hybridized carbons (Fsp3) is 0.533. The summed E-state index contributed by atoms with van der Waals surface area (Å²) in [6, 6.07) is 9.38. The highest BCUT2D eigenvalue weighted by atomic mass is 16.2. The molecule has 1 aromatic carbocycles. The third kappa shape index (κ3) is 5.01. The summed E-state index contributed by atoms with van der Waals surface area (Å²) in [4.78, 5) is 12.1. The first-order valence-corrected chi connectivity index (χ1v) is 6.82. The number of benzene rings is 1. The highest BCUT2D eigenvalue weighted by Crippen LogP contribution is 2.17. The van der Waals surface area contributed by atoms with Crippen molar-refractivity contribution in [3.05, 3.63) is 35.9 Å². The van der Waals surface area contributed by atoms with Crippen LogP contribution in [0.2, 0.25) is 0 Å². The van der Waals surface area contributed by atoms with E-state index in [1.807, 2.05) is 30.3 Å². The van der Waals surface area contributed by atoms with Crippen LogP contribution >= 0.6 is 0 Å². The molecule has 0 radical (unpaired) electrons. The van der Waals surface area contributed by atoms with Gasteiger partial charge in [-0.3, -0.25) is 4.79 Å². The van der Waals surface area contributed by atoms with Gasteiger partial charge in [-0.2, -0.15) is 0 Å². The molecule has 4 nitrogen and oxygen atoms in total. The van der Waals surface area contributed by atoms with Crippen LogP contribution in [0.25, 0.3) is 0 Å². The Morgan fingerprint density at radius 1 is 1.21 bits per heavy atom. The molecule has 1 amide bonds. The van der Waals surface area contributed by atoms with Crippen molar-refractivity contribution in [2.75, 3.05) is 13.2 Å². The summed E-state index contributed by atoms with van der Waals surface area (Å²) < 4.78 is 0. The molecule has 0 heterocycles. The van der Waals surface area contributed by atoms with Gasteiger partial charge in [-0.15, -0.1) is 0 Å². The normalized spacial score (nSPS) is 13.8. The number of unbranched alkanes of at least 4 members (excludes halogenated alkanes) is 3. The Hall–Kier alpha value is -1.39. The summed E-state index contributed by atoms with van der Waals surface area (Å²) in [5.74, 6) is -0.152. The summed E-state index contributed by atoms with van der Waals surface area (Å²) in [5.41, 5.74) is 5.92. The summed E-state index contributed by atoms with van der Waals surface area (Å²) in [7, 11) is 0. The van der Waals surface area contributed by atoms with Crippen LogP contribution in [0.5, 0.6) is 0 Å². The van der Waals surface area contributed by atoms with Crippen LogP contribution in [0.3, 0.4) is 0 Å². The molecule has 0 saturated heterocycles. The predicted octanol–water partition coefficient (Wildman–Crippen LogP) is 1.53. The maximum atomic E-state index is 12.1. The van der Waals surface area contributed by atoms with Crippen molar-refractivity contribution in [3.63, 3.8) is 0 Å². The van der Waals surface area contributed by atoms with E-state index in [1.54, 1.807) is 6.92 Å². The molecule has 1 rings (SSSR count). The van der Waals surface area contributed by atoms with Gasteiger partial charge in [-0.25, -0.2) is 0 Å². The van der Waals surface area contributed by atoms with E-state index in [9.17, 15) is 4.79 Å². The predicted molar refractivity (Wildman–Crippen MR) is 76.5 cm³/mol. The lowest BCUT2D eigenvalue weighted by Crippen LogP contribution is -2.49. The maximum Gasteiger partial charge on any atom is 0.244 e. The molecule has 1 unspecified atom stereocenters. The molecule has 4 N–H and O–H groups in total. The molecular weight excluding hydrogens is 240 g/mol. The van der Waals surface area contributed by atoms with E-state index in [1.165, 1.54) is 0 Å². The Bertz CT molecular complexity index is 377. The second-order valence-electron chi connectivity index (χ2n) is 4.96. The number of carbonyl (C=O) groups is 1. The van der Waals surface area contributed by atoms with Crippen molar-refractivity contribution in [2.45, 2.75) is 38.1 Å². The summed E-state index contributed by atoms with van der Waals surface area (Å²) in [6.45, 7) is 2.59. The molecule has 1 atom stereocenters. The van der Waals surface area contributed by atoms with E-state index in [2.05, 4.69) is 5.32 Å². The molecule has 19 heavy (non-hydrogen) atoms. The van der Waals surface area contributed by atoms with E-state index in [0.29, 0.717) is 6.54 Å². The van der Waals surface area contributed by atoms with Gasteiger partial charge < -0.3 is 16.2 Å². The van der Waals surface area contributed by atoms with Gasteiger partial charge in [0.05, 0.1) is 0 Å². The van der Waals surface area contributed by atoms with Crippen LogP contribution in [0.15, 0.2) is 30.3 Å². The first-order valence-electron chi connectivity index (χ1n) is 6.82. The minimum atomic E-state index is -0.994. The van der Waals surface area contributed by atoms with Gasteiger partial charge in [0.15, 0.2) is 0 Å². The van der Waals surface area contributed by atoms with Crippen molar-refractivity contribution in [1.82, 2.24) is 5.32 Å². The minimum absolute atomic E-state index is 0.152. The number of carbonyl (C=O) groups excluding carboxylic acids is 1. The standard InChI is InChI=1S/C15H24N2O2/c1-15(16,13-9-5-4-6-10-13)14(19)17-11-7-2-3-8-12-18/h4-6,9-10,18H,2-3,7-8,11-12,16H2,1H3,(H,17,19). The molecule has 0 aliphatic rings. The Kier molecular flexibility index (Phi) is 6.53. The van der Waals surface area contributed by atoms with E-state index >= 15 is 0 Å². The van der Waals surface area contributed by atoms with Crippen LogP contribution in [-0.2, 0) is 10.3 Å². The smallest absolute Gasteiger partial charge is 0.244 e. The maximum absolute atomic E-state index is 12.1. The molecule has 0 aliphatic carbocycles. The van der Waals surface area contributed by atoms with Gasteiger partial charge >= 0.3 is 0 Å². The van der Waals surface area contributed by atoms with E-state index in [-0.39, 0.29) is 12.5 Å². The summed E-state index contributed by atoms with van der Waals surface area (Å²) in [6.07, 6.45) is 3.74. The lowest BCUT2D eigenvalue weighted by molar-refractivity contribution is -0.126. The van der Waals surface area contributed by atoms with Crippen LogP contribution in [0.1, 0.15) is 38.2 Å². The van der Waals surface area contributed by atoms with Gasteiger partial charge in [-0.1, -0.05) is 43.2 Å². The fourth-order valence-corrected chi connectivity index (χ4v) is 1.89. The SMILES string of the molecule is CC(N)(C(=O)NCCCCCCO)c1ccccc1. The molecular formula is C15H24N2O2.